The summed E-state index contributed by atoms with van der Waals surface area (Å²) in [7, 11) is 1.29. The van der Waals surface area contributed by atoms with Gasteiger partial charge in [0, 0.05) is 18.5 Å². The summed E-state index contributed by atoms with van der Waals surface area (Å²) in [6.07, 6.45) is 1.06. The predicted molar refractivity (Wildman–Crippen MR) is 90.1 cm³/mol. The van der Waals surface area contributed by atoms with Crippen LogP contribution in [0.3, 0.4) is 0 Å². The lowest BCUT2D eigenvalue weighted by molar-refractivity contribution is -0.735. The van der Waals surface area contributed by atoms with E-state index in [0.29, 0.717) is 18.4 Å². The number of esters is 1. The lowest BCUT2D eigenvalue weighted by Crippen LogP contribution is -2.98. The van der Waals surface area contributed by atoms with Crippen LogP contribution in [0.15, 0.2) is 24.3 Å². The molecule has 2 heterocycles. The monoisotopic (exact) mass is 363 g/mol. The lowest BCUT2D eigenvalue weighted by atomic mass is 9.77. The molecule has 6 nitrogen and oxygen atoms in total. The molecular weight excluding hydrogens is 339 g/mol. The summed E-state index contributed by atoms with van der Waals surface area (Å²) in [5.74, 6) is -3.05. The van der Waals surface area contributed by atoms with E-state index in [9.17, 15) is 18.8 Å². The number of carbonyl (C=O) groups excluding carboxylic acids is 3. The molecule has 1 aromatic rings. The quantitative estimate of drug-likeness (QED) is 0.619. The number of imide groups is 1. The second kappa shape index (κ2) is 6.79. The van der Waals surface area contributed by atoms with Crippen LogP contribution in [0.5, 0.6) is 0 Å². The second-order valence-corrected chi connectivity index (χ2v) is 6.95. The van der Waals surface area contributed by atoms with Crippen LogP contribution in [-0.2, 0) is 19.1 Å². The van der Waals surface area contributed by atoms with Crippen molar-refractivity contribution in [3.05, 3.63) is 35.6 Å². The van der Waals surface area contributed by atoms with Crippen molar-refractivity contribution in [2.24, 2.45) is 11.8 Å². The molecule has 2 aliphatic heterocycles. The molecule has 0 saturated carbocycles. The van der Waals surface area contributed by atoms with Crippen LogP contribution in [0.4, 0.5) is 4.39 Å². The van der Waals surface area contributed by atoms with E-state index >= 15 is 0 Å². The fraction of sp³-hybridized carbons (Fsp3) is 0.526. The molecule has 26 heavy (non-hydrogen) atoms. The third kappa shape index (κ3) is 2.53. The van der Waals surface area contributed by atoms with Crippen LogP contribution in [0.2, 0.25) is 0 Å². The number of ether oxygens (including phenoxy) is 1. The summed E-state index contributed by atoms with van der Waals surface area (Å²) in [5, 5.41) is 1.76. The average molecular weight is 363 g/mol. The molecule has 3 rings (SSSR count). The molecule has 0 bridgehead atoms. The topological polar surface area (TPSA) is 80.3 Å². The van der Waals surface area contributed by atoms with E-state index in [2.05, 4.69) is 0 Å². The van der Waals surface area contributed by atoms with Crippen molar-refractivity contribution in [2.75, 3.05) is 13.7 Å². The highest BCUT2D eigenvalue weighted by Crippen LogP contribution is 2.46. The average Bonchev–Trinajstić information content (AvgIpc) is 3.09. The van der Waals surface area contributed by atoms with E-state index in [1.165, 1.54) is 24.1 Å². The lowest BCUT2D eigenvalue weighted by Gasteiger charge is -2.28. The molecule has 0 spiro atoms. The first kappa shape index (κ1) is 18.5. The fourth-order valence-electron chi connectivity index (χ4n) is 4.65. The minimum Gasteiger partial charge on any atom is -0.464 e. The van der Waals surface area contributed by atoms with Crippen LogP contribution in [-0.4, -0.2) is 41.9 Å². The molecule has 1 aromatic carbocycles. The highest BCUT2D eigenvalue weighted by atomic mass is 19.1. The van der Waals surface area contributed by atoms with E-state index in [0.717, 1.165) is 0 Å². The first-order chi connectivity index (χ1) is 12.4. The molecule has 2 fully saturated rings. The maximum Gasteiger partial charge on any atom is 0.368 e. The Morgan fingerprint density at radius 3 is 2.62 bits per heavy atom. The SMILES string of the molecule is CCC[C@]1(C(=O)OC)[NH2+][C@@H](c2cccc(F)c2)[C@H]2C(=O)N(CC)C(=O)[C@H]21. The van der Waals surface area contributed by atoms with Crippen molar-refractivity contribution in [3.8, 4) is 0 Å². The van der Waals surface area contributed by atoms with Gasteiger partial charge in [0.15, 0.2) is 0 Å². The first-order valence-corrected chi connectivity index (χ1v) is 8.96. The van der Waals surface area contributed by atoms with Gasteiger partial charge in [-0.25, -0.2) is 9.18 Å². The molecule has 140 valence electrons. The van der Waals surface area contributed by atoms with Crippen LogP contribution >= 0.6 is 0 Å². The third-order valence-corrected chi connectivity index (χ3v) is 5.64. The van der Waals surface area contributed by atoms with Crippen molar-refractivity contribution >= 4 is 17.8 Å². The van der Waals surface area contributed by atoms with Crippen LogP contribution in [0, 0.1) is 17.7 Å². The minimum atomic E-state index is -1.16. The van der Waals surface area contributed by atoms with E-state index < -0.39 is 35.2 Å². The normalized spacial score (nSPS) is 30.6. The van der Waals surface area contributed by atoms with Crippen molar-refractivity contribution in [3.63, 3.8) is 0 Å². The Morgan fingerprint density at radius 1 is 1.31 bits per heavy atom. The number of halogens is 1. The Labute approximate surface area is 151 Å². The number of fused-ring (bicyclic) bond motifs is 1. The second-order valence-electron chi connectivity index (χ2n) is 6.95. The first-order valence-electron chi connectivity index (χ1n) is 8.96. The minimum absolute atomic E-state index is 0.254. The maximum absolute atomic E-state index is 13.8. The van der Waals surface area contributed by atoms with Gasteiger partial charge in [0.25, 0.3) is 0 Å². The van der Waals surface area contributed by atoms with E-state index in [-0.39, 0.29) is 18.4 Å². The smallest absolute Gasteiger partial charge is 0.368 e. The van der Waals surface area contributed by atoms with Gasteiger partial charge < -0.3 is 10.1 Å². The molecule has 2 saturated heterocycles. The van der Waals surface area contributed by atoms with Gasteiger partial charge in [0.1, 0.15) is 23.7 Å². The van der Waals surface area contributed by atoms with Gasteiger partial charge in [-0.15, -0.1) is 0 Å². The summed E-state index contributed by atoms with van der Waals surface area (Å²) in [6.45, 7) is 3.91. The number of quaternary nitrogens is 1. The van der Waals surface area contributed by atoms with E-state index in [1.807, 2.05) is 6.92 Å². The number of hydrogen-bond donors (Lipinski definition) is 1. The van der Waals surface area contributed by atoms with Crippen LogP contribution in [0.1, 0.15) is 38.3 Å². The zero-order valence-electron chi connectivity index (χ0n) is 15.2. The number of benzene rings is 1. The summed E-state index contributed by atoms with van der Waals surface area (Å²) in [5.41, 5.74) is -0.567. The maximum atomic E-state index is 13.8. The Kier molecular flexibility index (Phi) is 4.84. The van der Waals surface area contributed by atoms with Crippen molar-refractivity contribution in [2.45, 2.75) is 38.3 Å². The molecular formula is C19H24FN2O4+. The summed E-state index contributed by atoms with van der Waals surface area (Å²) >= 11 is 0. The molecule has 0 aromatic heterocycles. The van der Waals surface area contributed by atoms with Crippen molar-refractivity contribution in [1.29, 1.82) is 0 Å². The Hall–Kier alpha value is -2.28. The van der Waals surface area contributed by atoms with Crippen LogP contribution < -0.4 is 5.32 Å². The van der Waals surface area contributed by atoms with Gasteiger partial charge in [0.05, 0.1) is 7.11 Å². The number of nitrogens with two attached hydrogens (primary N) is 1. The highest BCUT2D eigenvalue weighted by Gasteiger charge is 2.71. The zero-order valence-corrected chi connectivity index (χ0v) is 15.2. The van der Waals surface area contributed by atoms with Gasteiger partial charge >= 0.3 is 5.97 Å². The molecule has 2 amide bonds. The third-order valence-electron chi connectivity index (χ3n) is 5.64. The molecule has 0 unspecified atom stereocenters. The molecule has 2 aliphatic rings. The highest BCUT2D eigenvalue weighted by molar-refractivity contribution is 6.08. The Balaban J connectivity index is 2.15. The van der Waals surface area contributed by atoms with E-state index in [1.54, 1.807) is 24.4 Å². The van der Waals surface area contributed by atoms with Crippen LogP contribution in [0.25, 0.3) is 0 Å². The van der Waals surface area contributed by atoms with E-state index in [4.69, 9.17) is 4.74 Å². The van der Waals surface area contributed by atoms with Gasteiger partial charge in [-0.1, -0.05) is 19.1 Å². The van der Waals surface area contributed by atoms with Gasteiger partial charge in [-0.3, -0.25) is 14.5 Å². The molecule has 0 aliphatic carbocycles. The number of likely N-dealkylation sites (tertiary alicyclic amines) is 1. The molecule has 0 radical (unpaired) electrons. The van der Waals surface area contributed by atoms with Gasteiger partial charge in [-0.05, 0) is 25.5 Å². The predicted octanol–water partition coefficient (Wildman–Crippen LogP) is 0.777. The Morgan fingerprint density at radius 2 is 2.04 bits per heavy atom. The summed E-state index contributed by atoms with van der Waals surface area (Å²) < 4.78 is 18.8. The summed E-state index contributed by atoms with van der Waals surface area (Å²) in [4.78, 5) is 39.9. The molecule has 4 atom stereocenters. The Bertz CT molecular complexity index is 753. The number of hydrogen-bond acceptors (Lipinski definition) is 4. The fourth-order valence-corrected chi connectivity index (χ4v) is 4.65. The van der Waals surface area contributed by atoms with Crippen molar-refractivity contribution < 1.29 is 28.8 Å². The summed E-state index contributed by atoms with van der Waals surface area (Å²) in [6, 6.07) is 5.49. The number of carbonyl (C=O) groups is 3. The number of nitrogens with zero attached hydrogens (tertiary/aromatic N) is 1. The van der Waals surface area contributed by atoms with Crippen molar-refractivity contribution in [1.82, 2.24) is 4.90 Å². The molecule has 7 heteroatoms. The largest absolute Gasteiger partial charge is 0.464 e. The van der Waals surface area contributed by atoms with Gasteiger partial charge in [-0.2, -0.15) is 0 Å². The number of methoxy groups -OCH3 is 1. The number of amides is 2. The van der Waals surface area contributed by atoms with Gasteiger partial charge in [0.2, 0.25) is 17.4 Å². The molecule has 2 N–H and O–H groups in total. The zero-order chi connectivity index (χ0) is 19.1. The number of rotatable bonds is 5. The standard InChI is InChI=1S/C19H23FN2O4/c1-4-9-19(18(25)26-3)14-13(16(23)22(5-2)17(14)24)15(21-19)11-7-6-8-12(20)10-11/h6-8,10,13-15,21H,4-5,9H2,1-3H3/p+1/t13-,14-,15-,19-/m0/s1.